The number of ketones is 2. The second-order valence-electron chi connectivity index (χ2n) is 3.53. The van der Waals surface area contributed by atoms with Gasteiger partial charge in [0.1, 0.15) is 11.6 Å². The summed E-state index contributed by atoms with van der Waals surface area (Å²) in [5, 5.41) is 0. The van der Waals surface area contributed by atoms with Gasteiger partial charge in [-0.25, -0.2) is 0 Å². The Bertz CT molecular complexity index is 174. The second-order valence-corrected chi connectivity index (χ2v) is 3.53. The smallest absolute Gasteiger partial charge is 0.135 e. The Kier molecular flexibility index (Phi) is 3.45. The van der Waals surface area contributed by atoms with Gasteiger partial charge in [0.2, 0.25) is 0 Å². The Balaban J connectivity index is 2.33. The van der Waals surface area contributed by atoms with Crippen LogP contribution in [-0.4, -0.2) is 11.6 Å². The topological polar surface area (TPSA) is 34.1 Å². The number of hydrogen-bond donors (Lipinski definition) is 0. The third-order valence-electron chi connectivity index (χ3n) is 2.50. The summed E-state index contributed by atoms with van der Waals surface area (Å²) in [4.78, 5) is 22.3. The Labute approximate surface area is 73.3 Å². The molecule has 1 aliphatic rings. The predicted octanol–water partition coefficient (Wildman–Crippen LogP) is 2.11. The highest BCUT2D eigenvalue weighted by Crippen LogP contribution is 2.23. The summed E-state index contributed by atoms with van der Waals surface area (Å²) in [5.41, 5.74) is 0. The molecule has 0 bridgehead atoms. The molecule has 12 heavy (non-hydrogen) atoms. The van der Waals surface area contributed by atoms with Crippen LogP contribution in [0.2, 0.25) is 0 Å². The standard InChI is InChI=1S/C10H16O2/c1-2-3-10(12)8-4-6-9(11)7-5-8/h8H,2-7H2,1H3. The molecule has 1 fully saturated rings. The van der Waals surface area contributed by atoms with E-state index in [1.54, 1.807) is 0 Å². The molecule has 1 aliphatic carbocycles. The van der Waals surface area contributed by atoms with Gasteiger partial charge in [0.25, 0.3) is 0 Å². The lowest BCUT2D eigenvalue weighted by molar-refractivity contribution is -0.126. The minimum Gasteiger partial charge on any atom is -0.300 e. The van der Waals surface area contributed by atoms with Crippen LogP contribution in [0.1, 0.15) is 45.4 Å². The lowest BCUT2D eigenvalue weighted by Gasteiger charge is -2.18. The van der Waals surface area contributed by atoms with E-state index in [1.165, 1.54) is 0 Å². The molecule has 0 saturated heterocycles. The van der Waals surface area contributed by atoms with Crippen LogP contribution in [-0.2, 0) is 9.59 Å². The van der Waals surface area contributed by atoms with E-state index in [2.05, 4.69) is 0 Å². The van der Waals surface area contributed by atoms with Gasteiger partial charge in [0.05, 0.1) is 0 Å². The number of carbonyl (C=O) groups excluding carboxylic acids is 2. The first-order valence-corrected chi connectivity index (χ1v) is 4.78. The number of rotatable bonds is 3. The van der Waals surface area contributed by atoms with Crippen molar-refractivity contribution < 1.29 is 9.59 Å². The predicted molar refractivity (Wildman–Crippen MR) is 46.9 cm³/mol. The molecule has 2 nitrogen and oxygen atoms in total. The van der Waals surface area contributed by atoms with Crippen LogP contribution >= 0.6 is 0 Å². The molecule has 0 unspecified atom stereocenters. The molecule has 0 amide bonds. The first-order valence-electron chi connectivity index (χ1n) is 4.78. The van der Waals surface area contributed by atoms with Crippen molar-refractivity contribution in [2.45, 2.75) is 45.4 Å². The summed E-state index contributed by atoms with van der Waals surface area (Å²) >= 11 is 0. The Morgan fingerprint density at radius 3 is 2.50 bits per heavy atom. The molecule has 68 valence electrons. The minimum atomic E-state index is 0.197. The van der Waals surface area contributed by atoms with Gasteiger partial charge in [-0.15, -0.1) is 0 Å². The molecule has 0 N–H and O–H groups in total. The summed E-state index contributed by atoms with van der Waals surface area (Å²) in [5.74, 6) is 0.892. The average Bonchev–Trinajstić information content (AvgIpc) is 2.06. The summed E-state index contributed by atoms with van der Waals surface area (Å²) in [6, 6.07) is 0. The number of Topliss-reactive ketones (excluding diaryl/α,β-unsaturated/α-hetero) is 2. The fourth-order valence-electron chi connectivity index (χ4n) is 1.71. The molecule has 0 aromatic carbocycles. The van der Waals surface area contributed by atoms with E-state index in [4.69, 9.17) is 0 Å². The fourth-order valence-corrected chi connectivity index (χ4v) is 1.71. The molecule has 1 saturated carbocycles. The lowest BCUT2D eigenvalue weighted by atomic mass is 9.84. The lowest BCUT2D eigenvalue weighted by Crippen LogP contribution is -2.21. The van der Waals surface area contributed by atoms with E-state index >= 15 is 0 Å². The van der Waals surface area contributed by atoms with E-state index in [0.29, 0.717) is 30.8 Å². The minimum absolute atomic E-state index is 0.197. The van der Waals surface area contributed by atoms with Crippen molar-refractivity contribution in [1.82, 2.24) is 0 Å². The SMILES string of the molecule is CCCC(=O)C1CCC(=O)CC1. The first kappa shape index (κ1) is 9.43. The van der Waals surface area contributed by atoms with Gasteiger partial charge in [-0.05, 0) is 19.3 Å². The van der Waals surface area contributed by atoms with Gasteiger partial charge in [0.15, 0.2) is 0 Å². The van der Waals surface area contributed by atoms with Crippen molar-refractivity contribution in [3.63, 3.8) is 0 Å². The molecule has 0 spiro atoms. The molecular formula is C10H16O2. The molecule has 0 atom stereocenters. The largest absolute Gasteiger partial charge is 0.300 e. The number of hydrogen-bond acceptors (Lipinski definition) is 2. The van der Waals surface area contributed by atoms with Crippen molar-refractivity contribution in [2.24, 2.45) is 5.92 Å². The van der Waals surface area contributed by atoms with Gasteiger partial charge in [-0.1, -0.05) is 6.92 Å². The monoisotopic (exact) mass is 168 g/mol. The highest BCUT2D eigenvalue weighted by atomic mass is 16.1. The number of carbonyl (C=O) groups is 2. The van der Waals surface area contributed by atoms with Crippen molar-refractivity contribution in [3.8, 4) is 0 Å². The van der Waals surface area contributed by atoms with Crippen LogP contribution in [0.15, 0.2) is 0 Å². The molecule has 1 rings (SSSR count). The van der Waals surface area contributed by atoms with E-state index in [9.17, 15) is 9.59 Å². The van der Waals surface area contributed by atoms with Crippen LogP contribution in [0.25, 0.3) is 0 Å². The second kappa shape index (κ2) is 4.39. The van der Waals surface area contributed by atoms with Crippen molar-refractivity contribution in [1.29, 1.82) is 0 Å². The Hall–Kier alpha value is -0.660. The third-order valence-corrected chi connectivity index (χ3v) is 2.50. The zero-order valence-electron chi connectivity index (χ0n) is 7.64. The van der Waals surface area contributed by atoms with Crippen molar-refractivity contribution in [2.75, 3.05) is 0 Å². The molecule has 0 heterocycles. The van der Waals surface area contributed by atoms with Gasteiger partial charge in [0, 0.05) is 25.2 Å². The van der Waals surface area contributed by atoms with E-state index in [0.717, 1.165) is 19.3 Å². The maximum atomic E-state index is 11.4. The Morgan fingerprint density at radius 1 is 1.42 bits per heavy atom. The molecule has 0 aliphatic heterocycles. The third kappa shape index (κ3) is 2.43. The van der Waals surface area contributed by atoms with E-state index in [-0.39, 0.29) is 5.92 Å². The van der Waals surface area contributed by atoms with Crippen LogP contribution in [0.3, 0.4) is 0 Å². The van der Waals surface area contributed by atoms with Crippen molar-refractivity contribution in [3.05, 3.63) is 0 Å². The van der Waals surface area contributed by atoms with Gasteiger partial charge >= 0.3 is 0 Å². The van der Waals surface area contributed by atoms with Crippen LogP contribution < -0.4 is 0 Å². The van der Waals surface area contributed by atoms with Crippen LogP contribution in [0.5, 0.6) is 0 Å². The van der Waals surface area contributed by atoms with Crippen LogP contribution in [0, 0.1) is 5.92 Å². The molecular weight excluding hydrogens is 152 g/mol. The van der Waals surface area contributed by atoms with Gasteiger partial charge in [-0.3, -0.25) is 9.59 Å². The Morgan fingerprint density at radius 2 is 2.00 bits per heavy atom. The van der Waals surface area contributed by atoms with Crippen LogP contribution in [0.4, 0.5) is 0 Å². The maximum absolute atomic E-state index is 11.4. The molecule has 0 radical (unpaired) electrons. The fraction of sp³-hybridized carbons (Fsp3) is 0.800. The first-order chi connectivity index (χ1) is 5.74. The summed E-state index contributed by atoms with van der Waals surface area (Å²) in [6.45, 7) is 2.02. The zero-order valence-corrected chi connectivity index (χ0v) is 7.64. The average molecular weight is 168 g/mol. The zero-order chi connectivity index (χ0) is 8.97. The molecule has 2 heteroatoms. The molecule has 0 aromatic heterocycles. The molecule has 0 aromatic rings. The summed E-state index contributed by atoms with van der Waals surface area (Å²) in [7, 11) is 0. The quantitative estimate of drug-likeness (QED) is 0.646. The van der Waals surface area contributed by atoms with E-state index in [1.807, 2.05) is 6.92 Å². The van der Waals surface area contributed by atoms with Crippen molar-refractivity contribution >= 4 is 11.6 Å². The normalized spacial score (nSPS) is 19.6. The summed E-state index contributed by atoms with van der Waals surface area (Å²) < 4.78 is 0. The van der Waals surface area contributed by atoms with E-state index < -0.39 is 0 Å². The van der Waals surface area contributed by atoms with Gasteiger partial charge < -0.3 is 0 Å². The maximum Gasteiger partial charge on any atom is 0.135 e. The summed E-state index contributed by atoms with van der Waals surface area (Å²) in [6.07, 6.45) is 4.48. The highest BCUT2D eigenvalue weighted by Gasteiger charge is 2.23. The highest BCUT2D eigenvalue weighted by molar-refractivity contribution is 5.85. The van der Waals surface area contributed by atoms with Gasteiger partial charge in [-0.2, -0.15) is 0 Å².